The number of hydrogen-bond acceptors (Lipinski definition) is 4. The monoisotopic (exact) mass is 264 g/mol. The molecule has 1 aromatic carbocycles. The Labute approximate surface area is 115 Å². The first kappa shape index (κ1) is 14.2. The van der Waals surface area contributed by atoms with Gasteiger partial charge in [0, 0.05) is 18.6 Å². The number of nitrogens with zero attached hydrogens (tertiary/aromatic N) is 1. The molecule has 1 aromatic rings. The lowest BCUT2D eigenvalue weighted by molar-refractivity contribution is 0.170. The minimum Gasteiger partial charge on any atom is -0.504 e. The first-order chi connectivity index (χ1) is 9.08. The van der Waals surface area contributed by atoms with Crippen molar-refractivity contribution in [2.45, 2.75) is 31.8 Å². The Bertz CT molecular complexity index is 432. The van der Waals surface area contributed by atoms with Crippen molar-refractivity contribution in [3.8, 4) is 11.5 Å². The van der Waals surface area contributed by atoms with Gasteiger partial charge < -0.3 is 15.6 Å². The summed E-state index contributed by atoms with van der Waals surface area (Å²) in [6.45, 7) is 2.86. The highest BCUT2D eigenvalue weighted by atomic mass is 16.5. The van der Waals surface area contributed by atoms with Crippen LogP contribution >= 0.6 is 0 Å². The molecule has 0 saturated heterocycles. The molecule has 2 unspecified atom stereocenters. The van der Waals surface area contributed by atoms with Gasteiger partial charge in [0.05, 0.1) is 7.11 Å². The molecule has 1 fully saturated rings. The van der Waals surface area contributed by atoms with Gasteiger partial charge in [0.25, 0.3) is 0 Å². The summed E-state index contributed by atoms with van der Waals surface area (Å²) < 4.78 is 5.17. The fourth-order valence-corrected chi connectivity index (χ4v) is 2.65. The van der Waals surface area contributed by atoms with Crippen molar-refractivity contribution in [1.29, 1.82) is 0 Å². The van der Waals surface area contributed by atoms with E-state index >= 15 is 0 Å². The van der Waals surface area contributed by atoms with Gasteiger partial charge in [-0.05, 0) is 50.4 Å². The van der Waals surface area contributed by atoms with Gasteiger partial charge in [-0.2, -0.15) is 0 Å². The molecule has 2 atom stereocenters. The summed E-state index contributed by atoms with van der Waals surface area (Å²) in [5, 5.41) is 9.65. The lowest BCUT2D eigenvalue weighted by atomic mass is 10.0. The van der Waals surface area contributed by atoms with Crippen LogP contribution in [-0.2, 0) is 0 Å². The van der Waals surface area contributed by atoms with Crippen LogP contribution in [0.25, 0.3) is 0 Å². The van der Waals surface area contributed by atoms with Crippen molar-refractivity contribution < 1.29 is 9.84 Å². The van der Waals surface area contributed by atoms with Crippen LogP contribution in [0.5, 0.6) is 11.5 Å². The fourth-order valence-electron chi connectivity index (χ4n) is 2.65. The van der Waals surface area contributed by atoms with Crippen LogP contribution in [0.2, 0.25) is 0 Å². The molecule has 0 aromatic heterocycles. The molecule has 0 aliphatic heterocycles. The predicted octanol–water partition coefficient (Wildman–Crippen LogP) is 2.13. The Hall–Kier alpha value is -1.26. The number of phenolic OH excluding ortho intramolecular Hbond substituents is 1. The Kier molecular flexibility index (Phi) is 4.32. The SMILES string of the molecule is COc1cc(C(C)N(C)C(CN)C2CC2)ccc1O. The first-order valence-corrected chi connectivity index (χ1v) is 6.87. The summed E-state index contributed by atoms with van der Waals surface area (Å²) >= 11 is 0. The third-order valence-corrected chi connectivity index (χ3v) is 4.23. The van der Waals surface area contributed by atoms with Gasteiger partial charge in [0.2, 0.25) is 0 Å². The number of methoxy groups -OCH3 is 1. The van der Waals surface area contributed by atoms with E-state index in [-0.39, 0.29) is 11.8 Å². The molecule has 1 aliphatic rings. The van der Waals surface area contributed by atoms with Gasteiger partial charge in [-0.15, -0.1) is 0 Å². The second-order valence-electron chi connectivity index (χ2n) is 5.41. The highest BCUT2D eigenvalue weighted by Crippen LogP contribution is 2.38. The van der Waals surface area contributed by atoms with Crippen molar-refractivity contribution in [3.05, 3.63) is 23.8 Å². The lowest BCUT2D eigenvalue weighted by Gasteiger charge is -2.33. The maximum atomic E-state index is 9.65. The molecule has 1 aliphatic carbocycles. The van der Waals surface area contributed by atoms with Gasteiger partial charge in [-0.25, -0.2) is 0 Å². The van der Waals surface area contributed by atoms with Crippen LogP contribution in [0.1, 0.15) is 31.4 Å². The number of phenols is 1. The van der Waals surface area contributed by atoms with Crippen LogP contribution in [0.15, 0.2) is 18.2 Å². The highest BCUT2D eigenvalue weighted by Gasteiger charge is 2.34. The molecule has 4 heteroatoms. The average Bonchev–Trinajstić information content (AvgIpc) is 3.24. The number of rotatable bonds is 6. The topological polar surface area (TPSA) is 58.7 Å². The molecule has 4 nitrogen and oxygen atoms in total. The zero-order chi connectivity index (χ0) is 14.0. The van der Waals surface area contributed by atoms with Gasteiger partial charge >= 0.3 is 0 Å². The van der Waals surface area contributed by atoms with Crippen LogP contribution in [0, 0.1) is 5.92 Å². The molecule has 19 heavy (non-hydrogen) atoms. The standard InChI is InChI=1S/C15H24N2O2/c1-10(17(2)13(9-16)11-4-5-11)12-6-7-14(18)15(8-12)19-3/h6-8,10-11,13,18H,4-5,9,16H2,1-3H3. The van der Waals surface area contributed by atoms with Gasteiger partial charge in [0.15, 0.2) is 11.5 Å². The minimum atomic E-state index is 0.179. The van der Waals surface area contributed by atoms with E-state index in [2.05, 4.69) is 18.9 Å². The van der Waals surface area contributed by atoms with Crippen molar-refractivity contribution in [2.75, 3.05) is 20.7 Å². The van der Waals surface area contributed by atoms with Crippen molar-refractivity contribution >= 4 is 0 Å². The summed E-state index contributed by atoms with van der Waals surface area (Å²) in [6.07, 6.45) is 2.58. The normalized spacial score (nSPS) is 18.4. The zero-order valence-corrected chi connectivity index (χ0v) is 12.0. The molecule has 0 bridgehead atoms. The molecular formula is C15H24N2O2. The van der Waals surface area contributed by atoms with E-state index in [0.717, 1.165) is 11.5 Å². The van der Waals surface area contributed by atoms with E-state index in [9.17, 15) is 5.11 Å². The Morgan fingerprint density at radius 2 is 2.16 bits per heavy atom. The van der Waals surface area contributed by atoms with E-state index in [4.69, 9.17) is 10.5 Å². The molecule has 0 heterocycles. The zero-order valence-electron chi connectivity index (χ0n) is 12.0. The molecule has 1 saturated carbocycles. The quantitative estimate of drug-likeness (QED) is 0.826. The summed E-state index contributed by atoms with van der Waals surface area (Å²) in [4.78, 5) is 2.34. The summed E-state index contributed by atoms with van der Waals surface area (Å²) in [5.74, 6) is 1.45. The van der Waals surface area contributed by atoms with E-state index < -0.39 is 0 Å². The maximum absolute atomic E-state index is 9.65. The first-order valence-electron chi connectivity index (χ1n) is 6.87. The number of ether oxygens (including phenoxy) is 1. The third kappa shape index (κ3) is 3.01. The predicted molar refractivity (Wildman–Crippen MR) is 76.4 cm³/mol. The summed E-state index contributed by atoms with van der Waals surface area (Å²) in [5.41, 5.74) is 7.04. The third-order valence-electron chi connectivity index (χ3n) is 4.23. The summed E-state index contributed by atoms with van der Waals surface area (Å²) in [6, 6.07) is 6.22. The number of likely N-dealkylation sites (N-methyl/N-ethyl adjacent to an activating group) is 1. The maximum Gasteiger partial charge on any atom is 0.160 e. The van der Waals surface area contributed by atoms with Crippen LogP contribution in [-0.4, -0.2) is 36.8 Å². The Morgan fingerprint density at radius 3 is 2.68 bits per heavy atom. The molecule has 0 radical (unpaired) electrons. The van der Waals surface area contributed by atoms with Gasteiger partial charge in [0.1, 0.15) is 0 Å². The van der Waals surface area contributed by atoms with Crippen molar-refractivity contribution in [2.24, 2.45) is 11.7 Å². The molecule has 0 amide bonds. The van der Waals surface area contributed by atoms with E-state index in [1.165, 1.54) is 12.8 Å². The van der Waals surface area contributed by atoms with Crippen LogP contribution in [0.4, 0.5) is 0 Å². The second kappa shape index (κ2) is 5.80. The Balaban J connectivity index is 2.15. The second-order valence-corrected chi connectivity index (χ2v) is 5.41. The number of benzene rings is 1. The van der Waals surface area contributed by atoms with E-state index in [1.807, 2.05) is 12.1 Å². The summed E-state index contributed by atoms with van der Waals surface area (Å²) in [7, 11) is 3.69. The van der Waals surface area contributed by atoms with Crippen molar-refractivity contribution in [1.82, 2.24) is 4.90 Å². The van der Waals surface area contributed by atoms with E-state index in [0.29, 0.717) is 18.3 Å². The minimum absolute atomic E-state index is 0.179. The number of hydrogen-bond donors (Lipinski definition) is 2. The van der Waals surface area contributed by atoms with Gasteiger partial charge in [-0.1, -0.05) is 6.07 Å². The molecule has 3 N–H and O–H groups in total. The van der Waals surface area contributed by atoms with E-state index in [1.54, 1.807) is 13.2 Å². The van der Waals surface area contributed by atoms with Crippen LogP contribution < -0.4 is 10.5 Å². The Morgan fingerprint density at radius 1 is 1.47 bits per heavy atom. The average molecular weight is 264 g/mol. The van der Waals surface area contributed by atoms with Crippen molar-refractivity contribution in [3.63, 3.8) is 0 Å². The number of aromatic hydroxyl groups is 1. The fraction of sp³-hybridized carbons (Fsp3) is 0.600. The smallest absolute Gasteiger partial charge is 0.160 e. The lowest BCUT2D eigenvalue weighted by Crippen LogP contribution is -2.41. The molecule has 2 rings (SSSR count). The highest BCUT2D eigenvalue weighted by molar-refractivity contribution is 5.42. The van der Waals surface area contributed by atoms with Gasteiger partial charge in [-0.3, -0.25) is 4.90 Å². The largest absolute Gasteiger partial charge is 0.504 e. The number of nitrogens with two attached hydrogens (primary N) is 1. The molecule has 106 valence electrons. The molecular weight excluding hydrogens is 240 g/mol. The van der Waals surface area contributed by atoms with Crippen LogP contribution in [0.3, 0.4) is 0 Å². The molecule has 0 spiro atoms.